The zero-order valence-electron chi connectivity index (χ0n) is 11.8. The largest absolute Gasteiger partial charge is 0.477 e. The molecule has 1 aromatic rings. The molecule has 0 aliphatic carbocycles. The number of benzene rings is 1. The Morgan fingerprint density at radius 2 is 2.24 bits per heavy atom. The fourth-order valence-electron chi connectivity index (χ4n) is 2.04. The summed E-state index contributed by atoms with van der Waals surface area (Å²) >= 11 is 11.8. The summed E-state index contributed by atoms with van der Waals surface area (Å²) in [4.78, 5) is 11.9. The molecule has 2 unspecified atom stereocenters. The van der Waals surface area contributed by atoms with Crippen molar-refractivity contribution in [3.05, 3.63) is 28.2 Å². The van der Waals surface area contributed by atoms with E-state index in [2.05, 4.69) is 0 Å². The Hall–Kier alpha value is -0.970. The van der Waals surface area contributed by atoms with Crippen LogP contribution in [0.5, 0.6) is 5.75 Å². The monoisotopic (exact) mass is 332 g/mol. The van der Waals surface area contributed by atoms with Crippen molar-refractivity contribution < 1.29 is 19.0 Å². The maximum atomic E-state index is 11.9. The van der Waals surface area contributed by atoms with E-state index in [1.54, 1.807) is 25.1 Å². The Labute approximate surface area is 134 Å². The maximum absolute atomic E-state index is 11.9. The third-order valence-corrected chi connectivity index (χ3v) is 3.75. The summed E-state index contributed by atoms with van der Waals surface area (Å²) in [6.45, 7) is 2.62. The van der Waals surface area contributed by atoms with Crippen LogP contribution in [0.15, 0.2) is 18.2 Å². The number of carbonyl (C=O) groups excluding carboxylic acids is 1. The first-order valence-corrected chi connectivity index (χ1v) is 7.72. The molecule has 4 nitrogen and oxygen atoms in total. The van der Waals surface area contributed by atoms with Crippen LogP contribution in [0.4, 0.5) is 0 Å². The highest BCUT2D eigenvalue weighted by Crippen LogP contribution is 2.28. The van der Waals surface area contributed by atoms with Gasteiger partial charge in [0.1, 0.15) is 12.4 Å². The van der Waals surface area contributed by atoms with Gasteiger partial charge in [0.05, 0.1) is 11.1 Å². The summed E-state index contributed by atoms with van der Waals surface area (Å²) < 4.78 is 16.2. The van der Waals surface area contributed by atoms with Crippen molar-refractivity contribution in [1.82, 2.24) is 0 Å². The SMILES string of the molecule is CC(Oc1ccc(Cl)cc1Cl)C(=O)OCC1CCCCO1. The van der Waals surface area contributed by atoms with E-state index in [1.807, 2.05) is 0 Å². The van der Waals surface area contributed by atoms with Crippen LogP contribution in [0.1, 0.15) is 26.2 Å². The van der Waals surface area contributed by atoms with Gasteiger partial charge in [-0.2, -0.15) is 0 Å². The first-order valence-electron chi connectivity index (χ1n) is 6.96. The minimum Gasteiger partial charge on any atom is -0.477 e. The molecule has 116 valence electrons. The van der Waals surface area contributed by atoms with Crippen LogP contribution in [0.25, 0.3) is 0 Å². The first-order chi connectivity index (χ1) is 10.1. The topological polar surface area (TPSA) is 44.8 Å². The van der Waals surface area contributed by atoms with Crippen molar-refractivity contribution in [1.29, 1.82) is 0 Å². The summed E-state index contributed by atoms with van der Waals surface area (Å²) in [5.41, 5.74) is 0. The van der Waals surface area contributed by atoms with Gasteiger partial charge in [0, 0.05) is 11.6 Å². The third-order valence-electron chi connectivity index (χ3n) is 3.22. The average Bonchev–Trinajstić information content (AvgIpc) is 2.48. The molecule has 1 fully saturated rings. The Morgan fingerprint density at radius 3 is 2.90 bits per heavy atom. The summed E-state index contributed by atoms with van der Waals surface area (Å²) in [5.74, 6) is -0.0328. The van der Waals surface area contributed by atoms with Crippen LogP contribution in [-0.4, -0.2) is 31.4 Å². The summed E-state index contributed by atoms with van der Waals surface area (Å²) in [6.07, 6.45) is 2.35. The summed E-state index contributed by atoms with van der Waals surface area (Å²) in [6, 6.07) is 4.84. The number of halogens is 2. The van der Waals surface area contributed by atoms with Gasteiger partial charge >= 0.3 is 5.97 Å². The van der Waals surface area contributed by atoms with Gasteiger partial charge in [-0.1, -0.05) is 23.2 Å². The standard InChI is InChI=1S/C15H18Cl2O4/c1-10(21-14-6-5-11(16)8-13(14)17)15(18)20-9-12-4-2-3-7-19-12/h5-6,8,10,12H,2-4,7,9H2,1H3. The van der Waals surface area contributed by atoms with Crippen LogP contribution in [0.2, 0.25) is 10.0 Å². The molecule has 0 aromatic heterocycles. The zero-order chi connectivity index (χ0) is 15.2. The Balaban J connectivity index is 1.81. The molecule has 0 spiro atoms. The van der Waals surface area contributed by atoms with Crippen molar-refractivity contribution >= 4 is 29.2 Å². The summed E-state index contributed by atoms with van der Waals surface area (Å²) in [5, 5.41) is 0.870. The molecule has 0 bridgehead atoms. The highest BCUT2D eigenvalue weighted by molar-refractivity contribution is 6.35. The first kappa shape index (κ1) is 16.4. The fraction of sp³-hybridized carbons (Fsp3) is 0.533. The molecule has 0 saturated carbocycles. The van der Waals surface area contributed by atoms with E-state index in [0.29, 0.717) is 15.8 Å². The third kappa shape index (κ3) is 5.06. The van der Waals surface area contributed by atoms with E-state index < -0.39 is 12.1 Å². The Bertz CT molecular complexity index is 487. The van der Waals surface area contributed by atoms with Gasteiger partial charge in [0.15, 0.2) is 6.10 Å². The molecule has 1 heterocycles. The van der Waals surface area contributed by atoms with Crippen LogP contribution in [0.3, 0.4) is 0 Å². The Morgan fingerprint density at radius 1 is 1.43 bits per heavy atom. The quantitative estimate of drug-likeness (QED) is 0.767. The van der Waals surface area contributed by atoms with Gasteiger partial charge in [-0.3, -0.25) is 0 Å². The molecule has 2 atom stereocenters. The number of ether oxygens (including phenoxy) is 3. The van der Waals surface area contributed by atoms with Crippen LogP contribution in [0, 0.1) is 0 Å². The van der Waals surface area contributed by atoms with E-state index in [-0.39, 0.29) is 12.7 Å². The van der Waals surface area contributed by atoms with Crippen LogP contribution >= 0.6 is 23.2 Å². The number of carbonyl (C=O) groups is 1. The number of esters is 1. The normalized spacial score (nSPS) is 19.9. The van der Waals surface area contributed by atoms with Crippen molar-refractivity contribution in [2.45, 2.75) is 38.4 Å². The molecule has 0 amide bonds. The lowest BCUT2D eigenvalue weighted by molar-refractivity contribution is -0.156. The maximum Gasteiger partial charge on any atom is 0.347 e. The van der Waals surface area contributed by atoms with Crippen molar-refractivity contribution in [2.24, 2.45) is 0 Å². The van der Waals surface area contributed by atoms with Gasteiger partial charge < -0.3 is 14.2 Å². The highest BCUT2D eigenvalue weighted by atomic mass is 35.5. The molecule has 1 aliphatic rings. The second-order valence-corrected chi connectivity index (χ2v) is 5.80. The van der Waals surface area contributed by atoms with E-state index >= 15 is 0 Å². The molecule has 0 radical (unpaired) electrons. The molecular weight excluding hydrogens is 315 g/mol. The second-order valence-electron chi connectivity index (χ2n) is 4.95. The van der Waals surface area contributed by atoms with E-state index in [9.17, 15) is 4.79 Å². The fourth-order valence-corrected chi connectivity index (χ4v) is 2.49. The van der Waals surface area contributed by atoms with Gasteiger partial charge in [-0.15, -0.1) is 0 Å². The van der Waals surface area contributed by atoms with Gasteiger partial charge in [0.25, 0.3) is 0 Å². The van der Waals surface area contributed by atoms with E-state index in [0.717, 1.165) is 25.9 Å². The second kappa shape index (κ2) is 7.87. The predicted molar refractivity (Wildman–Crippen MR) is 81.1 cm³/mol. The van der Waals surface area contributed by atoms with Gasteiger partial charge in [0.2, 0.25) is 0 Å². The smallest absolute Gasteiger partial charge is 0.347 e. The number of hydrogen-bond donors (Lipinski definition) is 0. The van der Waals surface area contributed by atoms with Crippen LogP contribution < -0.4 is 4.74 Å². The lowest BCUT2D eigenvalue weighted by Crippen LogP contribution is -2.31. The van der Waals surface area contributed by atoms with Crippen molar-refractivity contribution in [2.75, 3.05) is 13.2 Å². The molecule has 1 aliphatic heterocycles. The Kier molecular flexibility index (Phi) is 6.15. The van der Waals surface area contributed by atoms with Crippen LogP contribution in [-0.2, 0) is 14.3 Å². The molecular formula is C15H18Cl2O4. The van der Waals surface area contributed by atoms with Gasteiger partial charge in [-0.25, -0.2) is 4.79 Å². The summed E-state index contributed by atoms with van der Waals surface area (Å²) in [7, 11) is 0. The molecule has 6 heteroatoms. The van der Waals surface area contributed by atoms with Crippen molar-refractivity contribution in [3.8, 4) is 5.75 Å². The molecule has 2 rings (SSSR count). The molecule has 0 N–H and O–H groups in total. The zero-order valence-corrected chi connectivity index (χ0v) is 13.3. The average molecular weight is 333 g/mol. The lowest BCUT2D eigenvalue weighted by Gasteiger charge is -2.23. The number of hydrogen-bond acceptors (Lipinski definition) is 4. The lowest BCUT2D eigenvalue weighted by atomic mass is 10.1. The molecule has 1 aromatic carbocycles. The van der Waals surface area contributed by atoms with Gasteiger partial charge in [-0.05, 0) is 44.4 Å². The van der Waals surface area contributed by atoms with E-state index in [1.165, 1.54) is 0 Å². The molecule has 21 heavy (non-hydrogen) atoms. The van der Waals surface area contributed by atoms with Crippen molar-refractivity contribution in [3.63, 3.8) is 0 Å². The highest BCUT2D eigenvalue weighted by Gasteiger charge is 2.21. The minimum atomic E-state index is -0.743. The number of rotatable bonds is 5. The minimum absolute atomic E-state index is 0.00554. The van der Waals surface area contributed by atoms with E-state index in [4.69, 9.17) is 37.4 Å². The predicted octanol–water partition coefficient (Wildman–Crippen LogP) is 3.87. The molecule has 1 saturated heterocycles.